The van der Waals surface area contributed by atoms with E-state index in [4.69, 9.17) is 14.2 Å². The molecule has 0 amide bonds. The van der Waals surface area contributed by atoms with Crippen LogP contribution < -0.4 is 11.0 Å². The summed E-state index contributed by atoms with van der Waals surface area (Å²) < 4.78 is 17.9. The summed E-state index contributed by atoms with van der Waals surface area (Å²) in [4.78, 5) is 26.7. The molecule has 0 unspecified atom stereocenters. The van der Waals surface area contributed by atoms with Crippen LogP contribution in [0.2, 0.25) is 0 Å². The molecule has 8 nitrogen and oxygen atoms in total. The van der Waals surface area contributed by atoms with E-state index in [0.29, 0.717) is 5.82 Å². The molecule has 1 N–H and O–H groups in total. The molecular formula is C13H19N3O5. The van der Waals surface area contributed by atoms with Crippen molar-refractivity contribution in [1.82, 2.24) is 9.55 Å². The molecule has 0 spiro atoms. The van der Waals surface area contributed by atoms with E-state index < -0.39 is 30.2 Å². The topological polar surface area (TPSA) is 91.7 Å². The number of aldehydes is 1. The van der Waals surface area contributed by atoms with Crippen molar-refractivity contribution in [2.75, 3.05) is 26.6 Å². The van der Waals surface area contributed by atoms with Gasteiger partial charge in [0.15, 0.2) is 6.23 Å². The second kappa shape index (κ2) is 6.79. The summed E-state index contributed by atoms with van der Waals surface area (Å²) >= 11 is 0. The molecule has 0 bridgehead atoms. The van der Waals surface area contributed by atoms with Crippen molar-refractivity contribution in [3.63, 3.8) is 0 Å². The molecule has 2 heterocycles. The van der Waals surface area contributed by atoms with E-state index in [0.717, 1.165) is 6.29 Å². The molecular weight excluding hydrogens is 278 g/mol. The fourth-order valence-corrected chi connectivity index (χ4v) is 2.50. The molecule has 8 heteroatoms. The molecule has 21 heavy (non-hydrogen) atoms. The van der Waals surface area contributed by atoms with Gasteiger partial charge in [0.25, 0.3) is 0 Å². The molecule has 0 saturated carbocycles. The Labute approximate surface area is 122 Å². The predicted molar refractivity (Wildman–Crippen MR) is 74.2 cm³/mol. The Morgan fingerprint density at radius 3 is 2.67 bits per heavy atom. The zero-order chi connectivity index (χ0) is 15.4. The summed E-state index contributed by atoms with van der Waals surface area (Å²) in [6, 6.07) is 1.66. The highest BCUT2D eigenvalue weighted by molar-refractivity contribution is 5.50. The highest BCUT2D eigenvalue weighted by Gasteiger charge is 2.46. The number of nitrogens with zero attached hydrogens (tertiary/aromatic N) is 2. The number of rotatable bonds is 6. The Kier molecular flexibility index (Phi) is 5.05. The molecule has 1 aromatic heterocycles. The molecule has 1 aliphatic rings. The maximum atomic E-state index is 12.1. The third-order valence-electron chi connectivity index (χ3n) is 3.52. The van der Waals surface area contributed by atoms with Gasteiger partial charge in [0.05, 0.1) is 6.10 Å². The van der Waals surface area contributed by atoms with Gasteiger partial charge in [0, 0.05) is 33.9 Å². The van der Waals surface area contributed by atoms with Crippen LogP contribution in [0.15, 0.2) is 17.1 Å². The molecule has 1 aromatic rings. The van der Waals surface area contributed by atoms with Crippen LogP contribution in [0.5, 0.6) is 0 Å². The first-order chi connectivity index (χ1) is 10.2. The van der Waals surface area contributed by atoms with Gasteiger partial charge in [-0.15, -0.1) is 0 Å². The van der Waals surface area contributed by atoms with Crippen LogP contribution in [0.25, 0.3) is 0 Å². The van der Waals surface area contributed by atoms with Crippen LogP contribution in [0.3, 0.4) is 0 Å². The van der Waals surface area contributed by atoms with Crippen LogP contribution in [0, 0.1) is 0 Å². The quantitative estimate of drug-likeness (QED) is 0.727. The van der Waals surface area contributed by atoms with Crippen molar-refractivity contribution in [2.45, 2.75) is 31.0 Å². The van der Waals surface area contributed by atoms with Gasteiger partial charge in [-0.05, 0) is 6.07 Å². The Balaban J connectivity index is 2.33. The Bertz CT molecular complexity index is 547. The van der Waals surface area contributed by atoms with E-state index in [9.17, 15) is 9.59 Å². The number of carbonyl (C=O) groups excluding carboxylic acids is 1. The fraction of sp³-hybridized carbons (Fsp3) is 0.615. The first kappa shape index (κ1) is 15.6. The van der Waals surface area contributed by atoms with Gasteiger partial charge in [0.1, 0.15) is 24.3 Å². The van der Waals surface area contributed by atoms with Gasteiger partial charge in [-0.3, -0.25) is 4.57 Å². The number of nitrogens with one attached hydrogen (secondary N) is 1. The average molecular weight is 297 g/mol. The van der Waals surface area contributed by atoms with Crippen molar-refractivity contribution >= 4 is 12.1 Å². The normalized spacial score (nSPS) is 28.5. The first-order valence-corrected chi connectivity index (χ1v) is 6.57. The molecule has 1 fully saturated rings. The predicted octanol–water partition coefficient (Wildman–Crippen LogP) is -0.199. The maximum Gasteiger partial charge on any atom is 0.351 e. The lowest BCUT2D eigenvalue weighted by Crippen LogP contribution is -2.38. The van der Waals surface area contributed by atoms with Crippen LogP contribution >= 0.6 is 0 Å². The molecule has 0 aliphatic carbocycles. The lowest BCUT2D eigenvalue weighted by atomic mass is 10.1. The Hall–Kier alpha value is -1.77. The summed E-state index contributed by atoms with van der Waals surface area (Å²) in [7, 11) is 4.71. The molecule has 116 valence electrons. The molecule has 1 aliphatic heterocycles. The van der Waals surface area contributed by atoms with E-state index in [-0.39, 0.29) is 6.42 Å². The van der Waals surface area contributed by atoms with Crippen LogP contribution in [-0.2, 0) is 19.0 Å². The van der Waals surface area contributed by atoms with Crippen LogP contribution in [-0.4, -0.2) is 55.4 Å². The largest absolute Gasteiger partial charge is 0.376 e. The van der Waals surface area contributed by atoms with Crippen molar-refractivity contribution in [3.05, 3.63) is 22.7 Å². The maximum absolute atomic E-state index is 12.1. The third-order valence-corrected chi connectivity index (χ3v) is 3.52. The smallest absolute Gasteiger partial charge is 0.351 e. The zero-order valence-electron chi connectivity index (χ0n) is 12.2. The summed E-state index contributed by atoms with van der Waals surface area (Å²) in [5.41, 5.74) is -0.462. The van der Waals surface area contributed by atoms with Crippen molar-refractivity contribution < 1.29 is 19.0 Å². The SMILES string of the molecule is CNc1ccn([C@@H]2O[C@H](CC=O)[C@@H](OC)[C@H]2OC)c(=O)n1. The minimum absolute atomic E-state index is 0.172. The number of methoxy groups -OCH3 is 2. The van der Waals surface area contributed by atoms with E-state index in [1.165, 1.54) is 18.8 Å². The molecule has 0 aromatic carbocycles. The molecule has 0 radical (unpaired) electrons. The number of anilines is 1. The van der Waals surface area contributed by atoms with Gasteiger partial charge < -0.3 is 24.3 Å². The van der Waals surface area contributed by atoms with E-state index in [1.54, 1.807) is 19.3 Å². The van der Waals surface area contributed by atoms with Gasteiger partial charge in [-0.1, -0.05) is 0 Å². The average Bonchev–Trinajstić information content (AvgIpc) is 2.84. The standard InChI is InChI=1S/C13H19N3O5/c1-14-9-4-6-16(13(18)15-9)12-11(20-3)10(19-2)8(21-12)5-7-17/h4,6-8,10-12H,5H2,1-3H3,(H,14,15,18)/t8-,10-,11-,12-/m1/s1. The van der Waals surface area contributed by atoms with Gasteiger partial charge in [-0.25, -0.2) is 4.79 Å². The highest BCUT2D eigenvalue weighted by Crippen LogP contribution is 2.33. The molecule has 1 saturated heterocycles. The zero-order valence-corrected chi connectivity index (χ0v) is 12.2. The second-order valence-electron chi connectivity index (χ2n) is 4.62. The van der Waals surface area contributed by atoms with Crippen molar-refractivity contribution in [3.8, 4) is 0 Å². The number of hydrogen-bond donors (Lipinski definition) is 1. The highest BCUT2D eigenvalue weighted by atomic mass is 16.6. The second-order valence-corrected chi connectivity index (χ2v) is 4.62. The number of ether oxygens (including phenoxy) is 3. The summed E-state index contributed by atoms with van der Waals surface area (Å²) in [5.74, 6) is 0.468. The summed E-state index contributed by atoms with van der Waals surface area (Å²) in [6.07, 6.45) is 0.436. The van der Waals surface area contributed by atoms with Crippen molar-refractivity contribution in [1.29, 1.82) is 0 Å². The summed E-state index contributed by atoms with van der Waals surface area (Å²) in [5, 5.41) is 2.79. The van der Waals surface area contributed by atoms with Crippen LogP contribution in [0.4, 0.5) is 5.82 Å². The van der Waals surface area contributed by atoms with Gasteiger partial charge >= 0.3 is 5.69 Å². The minimum atomic E-state index is -0.684. The molecule has 2 rings (SSSR count). The van der Waals surface area contributed by atoms with Gasteiger partial charge in [0.2, 0.25) is 0 Å². The Morgan fingerprint density at radius 1 is 1.43 bits per heavy atom. The molecule has 4 atom stereocenters. The summed E-state index contributed by atoms with van der Waals surface area (Å²) in [6.45, 7) is 0. The lowest BCUT2D eigenvalue weighted by Gasteiger charge is -2.22. The van der Waals surface area contributed by atoms with E-state index in [1.807, 2.05) is 0 Å². The fourth-order valence-electron chi connectivity index (χ4n) is 2.50. The lowest BCUT2D eigenvalue weighted by molar-refractivity contribution is -0.112. The van der Waals surface area contributed by atoms with Crippen molar-refractivity contribution in [2.24, 2.45) is 0 Å². The van der Waals surface area contributed by atoms with E-state index >= 15 is 0 Å². The van der Waals surface area contributed by atoms with E-state index in [2.05, 4.69) is 10.3 Å². The first-order valence-electron chi connectivity index (χ1n) is 6.57. The van der Waals surface area contributed by atoms with Gasteiger partial charge in [-0.2, -0.15) is 4.98 Å². The third kappa shape index (κ3) is 2.97. The number of aromatic nitrogens is 2. The monoisotopic (exact) mass is 297 g/mol. The minimum Gasteiger partial charge on any atom is -0.376 e. The van der Waals surface area contributed by atoms with Crippen LogP contribution in [0.1, 0.15) is 12.6 Å². The number of hydrogen-bond acceptors (Lipinski definition) is 7. The Morgan fingerprint density at radius 2 is 2.14 bits per heavy atom. The number of carbonyl (C=O) groups is 1.